The highest BCUT2D eigenvalue weighted by molar-refractivity contribution is 7.89. The minimum Gasteiger partial charge on any atom is -0.456 e. The third-order valence-corrected chi connectivity index (χ3v) is 5.56. The molecule has 0 aliphatic heterocycles. The number of nitrogens with one attached hydrogen (secondary N) is 2. The average Bonchev–Trinajstić information content (AvgIpc) is 2.72. The average molecular weight is 465 g/mol. The van der Waals surface area contributed by atoms with E-state index in [0.29, 0.717) is 18.0 Å². The van der Waals surface area contributed by atoms with Crippen LogP contribution in [0.4, 0.5) is 5.69 Å². The minimum atomic E-state index is -4.07. The van der Waals surface area contributed by atoms with E-state index in [1.807, 2.05) is 13.0 Å². The smallest absolute Gasteiger partial charge is 0.338 e. The van der Waals surface area contributed by atoms with Crippen molar-refractivity contribution in [2.24, 2.45) is 0 Å². The lowest BCUT2D eigenvalue weighted by molar-refractivity contribution is 0.00693. The highest BCUT2D eigenvalue weighted by Gasteiger charge is 2.27. The number of esters is 1. The monoisotopic (exact) mass is 464 g/mol. The largest absolute Gasteiger partial charge is 0.456 e. The fourth-order valence-corrected chi connectivity index (χ4v) is 3.82. The van der Waals surface area contributed by atoms with E-state index in [9.17, 15) is 13.2 Å². The Balaban J connectivity index is 2.65. The van der Waals surface area contributed by atoms with Crippen molar-refractivity contribution in [3.63, 3.8) is 0 Å². The molecule has 0 heterocycles. The summed E-state index contributed by atoms with van der Waals surface area (Å²) in [6.45, 7) is 7.62. The summed E-state index contributed by atoms with van der Waals surface area (Å²) in [5.74, 6) is -0.0899. The van der Waals surface area contributed by atoms with Gasteiger partial charge in [-0.15, -0.1) is 0 Å². The minimum absolute atomic E-state index is 0.0863. The maximum atomic E-state index is 13.1. The number of anilines is 1. The number of rotatable bonds is 11. The molecule has 2 aromatic rings. The maximum absolute atomic E-state index is 13.1. The van der Waals surface area contributed by atoms with Crippen LogP contribution in [0, 0.1) is 0 Å². The zero-order valence-corrected chi connectivity index (χ0v) is 20.0. The number of unbranched alkanes of at least 4 members (excludes halogenated alkanes) is 1. The van der Waals surface area contributed by atoms with E-state index < -0.39 is 21.6 Å². The molecular weight excluding hydrogens is 432 g/mol. The third-order valence-electron chi connectivity index (χ3n) is 4.18. The SMILES string of the molecule is CCCCNc1cc(C(=O)OC(C)(C)C)cc(S(=O)(=O)NCOC)c1Oc1ccccc1. The molecule has 0 aliphatic rings. The van der Waals surface area contributed by atoms with Crippen molar-refractivity contribution in [3.8, 4) is 11.5 Å². The molecule has 0 bridgehead atoms. The number of hydrogen-bond donors (Lipinski definition) is 2. The number of hydrogen-bond acceptors (Lipinski definition) is 7. The van der Waals surface area contributed by atoms with Crippen molar-refractivity contribution in [2.45, 2.75) is 51.0 Å². The van der Waals surface area contributed by atoms with Crippen LogP contribution in [0.1, 0.15) is 50.9 Å². The van der Waals surface area contributed by atoms with E-state index in [1.54, 1.807) is 51.1 Å². The summed E-state index contributed by atoms with van der Waals surface area (Å²) >= 11 is 0. The number of carbonyl (C=O) groups is 1. The van der Waals surface area contributed by atoms with Crippen LogP contribution in [0.5, 0.6) is 11.5 Å². The number of sulfonamides is 1. The van der Waals surface area contributed by atoms with Crippen molar-refractivity contribution in [1.82, 2.24) is 4.72 Å². The first-order valence-electron chi connectivity index (χ1n) is 10.4. The zero-order valence-electron chi connectivity index (χ0n) is 19.2. The van der Waals surface area contributed by atoms with Crippen LogP contribution in [0.25, 0.3) is 0 Å². The van der Waals surface area contributed by atoms with Gasteiger partial charge in [0.05, 0.1) is 11.3 Å². The first-order valence-corrected chi connectivity index (χ1v) is 11.9. The number of carbonyl (C=O) groups excluding carboxylic acids is 1. The maximum Gasteiger partial charge on any atom is 0.338 e. The standard InChI is InChI=1S/C23H32N2O6S/c1-6-7-13-24-19-14-17(22(26)31-23(2,3)4)15-20(32(27,28)25-16-29-5)21(19)30-18-11-9-8-10-12-18/h8-12,14-15,24-25H,6-7,13,16H2,1-5H3. The van der Waals surface area contributed by atoms with Crippen LogP contribution < -0.4 is 14.8 Å². The van der Waals surface area contributed by atoms with E-state index in [1.165, 1.54) is 13.2 Å². The molecule has 0 fully saturated rings. The summed E-state index contributed by atoms with van der Waals surface area (Å²) in [6, 6.07) is 11.6. The Morgan fingerprint density at radius 2 is 1.78 bits per heavy atom. The van der Waals surface area contributed by atoms with Crippen LogP contribution >= 0.6 is 0 Å². The topological polar surface area (TPSA) is 103 Å². The fraction of sp³-hybridized carbons (Fsp3) is 0.435. The van der Waals surface area contributed by atoms with Crippen LogP contribution in [0.15, 0.2) is 47.4 Å². The van der Waals surface area contributed by atoms with Gasteiger partial charge in [-0.25, -0.2) is 13.2 Å². The Morgan fingerprint density at radius 1 is 1.09 bits per heavy atom. The summed E-state index contributed by atoms with van der Waals surface area (Å²) in [5.41, 5.74) is -0.264. The van der Waals surface area contributed by atoms with Gasteiger partial charge in [-0.1, -0.05) is 31.5 Å². The quantitative estimate of drug-likeness (QED) is 0.286. The summed E-state index contributed by atoms with van der Waals surface area (Å²) < 4.78 is 44.9. The van der Waals surface area contributed by atoms with E-state index in [0.717, 1.165) is 12.8 Å². The molecule has 9 heteroatoms. The van der Waals surface area contributed by atoms with Gasteiger partial charge < -0.3 is 19.5 Å². The second kappa shape index (κ2) is 11.3. The van der Waals surface area contributed by atoms with Gasteiger partial charge in [-0.05, 0) is 51.5 Å². The second-order valence-electron chi connectivity index (χ2n) is 8.13. The molecule has 8 nitrogen and oxygen atoms in total. The zero-order chi connectivity index (χ0) is 23.8. The van der Waals surface area contributed by atoms with E-state index in [-0.39, 0.29) is 22.9 Å². The number of para-hydroxylation sites is 1. The van der Waals surface area contributed by atoms with Crippen LogP contribution in [-0.2, 0) is 19.5 Å². The van der Waals surface area contributed by atoms with Crippen molar-refractivity contribution in [3.05, 3.63) is 48.0 Å². The van der Waals surface area contributed by atoms with Crippen molar-refractivity contribution in [2.75, 3.05) is 25.7 Å². The first kappa shape index (κ1) is 25.6. The number of ether oxygens (including phenoxy) is 3. The van der Waals surface area contributed by atoms with Crippen LogP contribution in [0.3, 0.4) is 0 Å². The summed E-state index contributed by atoms with van der Waals surface area (Å²) in [4.78, 5) is 12.6. The molecule has 0 atom stereocenters. The molecule has 0 aromatic heterocycles. The summed E-state index contributed by atoms with van der Waals surface area (Å²) in [7, 11) is -2.70. The molecule has 0 amide bonds. The third kappa shape index (κ3) is 7.51. The molecule has 2 N–H and O–H groups in total. The molecule has 0 aliphatic carbocycles. The Morgan fingerprint density at radius 3 is 2.38 bits per heavy atom. The van der Waals surface area contributed by atoms with E-state index >= 15 is 0 Å². The van der Waals surface area contributed by atoms with Crippen molar-refractivity contribution in [1.29, 1.82) is 0 Å². The predicted octanol–water partition coefficient (Wildman–Crippen LogP) is 4.53. The van der Waals surface area contributed by atoms with E-state index in [2.05, 4.69) is 10.0 Å². The van der Waals surface area contributed by atoms with E-state index in [4.69, 9.17) is 14.2 Å². The molecule has 0 saturated heterocycles. The van der Waals surface area contributed by atoms with Gasteiger partial charge in [0.25, 0.3) is 0 Å². The highest BCUT2D eigenvalue weighted by atomic mass is 32.2. The van der Waals surface area contributed by atoms with Gasteiger partial charge >= 0.3 is 5.97 Å². The predicted molar refractivity (Wildman–Crippen MR) is 124 cm³/mol. The summed E-state index contributed by atoms with van der Waals surface area (Å²) in [6.07, 6.45) is 1.79. The Labute approximate surface area is 190 Å². The van der Waals surface area contributed by atoms with Gasteiger partial charge in [-0.2, -0.15) is 4.72 Å². The van der Waals surface area contributed by atoms with Gasteiger partial charge in [-0.3, -0.25) is 0 Å². The molecule has 0 spiro atoms. The number of benzene rings is 2. The molecule has 176 valence electrons. The Hall–Kier alpha value is -2.62. The summed E-state index contributed by atoms with van der Waals surface area (Å²) in [5, 5.41) is 3.20. The number of methoxy groups -OCH3 is 1. The molecule has 0 radical (unpaired) electrons. The second-order valence-corrected chi connectivity index (χ2v) is 9.86. The molecule has 2 rings (SSSR count). The molecule has 0 unspecified atom stereocenters. The Bertz CT molecular complexity index is 1000. The lowest BCUT2D eigenvalue weighted by Gasteiger charge is -2.22. The molecule has 2 aromatic carbocycles. The Kier molecular flexibility index (Phi) is 9.06. The highest BCUT2D eigenvalue weighted by Crippen LogP contribution is 2.38. The fourth-order valence-electron chi connectivity index (χ4n) is 2.71. The van der Waals surface area contributed by atoms with Crippen molar-refractivity contribution >= 4 is 21.7 Å². The lowest BCUT2D eigenvalue weighted by atomic mass is 10.1. The van der Waals surface area contributed by atoms with Gasteiger partial charge in [0.15, 0.2) is 5.75 Å². The lowest BCUT2D eigenvalue weighted by Crippen LogP contribution is -2.27. The van der Waals surface area contributed by atoms with Crippen molar-refractivity contribution < 1.29 is 27.4 Å². The van der Waals surface area contributed by atoms with Crippen LogP contribution in [-0.4, -0.2) is 40.4 Å². The molecular formula is C23H32N2O6S. The van der Waals surface area contributed by atoms with Gasteiger partial charge in [0.2, 0.25) is 10.0 Å². The first-order chi connectivity index (χ1) is 15.1. The van der Waals surface area contributed by atoms with Crippen LogP contribution in [0.2, 0.25) is 0 Å². The molecule has 0 saturated carbocycles. The molecule has 32 heavy (non-hydrogen) atoms. The normalized spacial score (nSPS) is 11.8. The van der Waals surface area contributed by atoms with Gasteiger partial charge in [0, 0.05) is 13.7 Å². The van der Waals surface area contributed by atoms with Gasteiger partial charge in [0.1, 0.15) is 23.0 Å².